The number of amides is 2. The van der Waals surface area contributed by atoms with Crippen LogP contribution in [-0.2, 0) is 11.3 Å². The number of urea groups is 1. The van der Waals surface area contributed by atoms with Crippen molar-refractivity contribution in [2.45, 2.75) is 39.8 Å². The molecule has 1 aromatic rings. The van der Waals surface area contributed by atoms with Gasteiger partial charge in [-0.2, -0.15) is 0 Å². The van der Waals surface area contributed by atoms with E-state index in [2.05, 4.69) is 15.3 Å². The van der Waals surface area contributed by atoms with Crippen LogP contribution < -0.4 is 5.32 Å². The van der Waals surface area contributed by atoms with Crippen molar-refractivity contribution >= 4 is 12.0 Å². The summed E-state index contributed by atoms with van der Waals surface area (Å²) < 4.78 is 0. The van der Waals surface area contributed by atoms with Gasteiger partial charge in [0.15, 0.2) is 0 Å². The van der Waals surface area contributed by atoms with Crippen LogP contribution in [0.25, 0.3) is 0 Å². The Morgan fingerprint density at radius 1 is 1.50 bits per heavy atom. The average molecular weight is 282 g/mol. The van der Waals surface area contributed by atoms with E-state index >= 15 is 0 Å². The molecule has 7 heteroatoms. The summed E-state index contributed by atoms with van der Waals surface area (Å²) in [4.78, 5) is 31.5. The van der Waals surface area contributed by atoms with Crippen molar-refractivity contribution in [3.8, 4) is 0 Å². The molecule has 0 saturated carbocycles. The minimum absolute atomic E-state index is 0.0503. The molecular weight excluding hydrogens is 260 g/mol. The van der Waals surface area contributed by atoms with Crippen molar-refractivity contribution in [2.75, 3.05) is 7.05 Å². The SMILES string of the molecule is Cc1cnc(CN(C)C(=O)N[C@H](CC(=O)O)C(C)C)[nH]1. The van der Waals surface area contributed by atoms with Gasteiger partial charge in [-0.15, -0.1) is 0 Å². The van der Waals surface area contributed by atoms with E-state index in [1.54, 1.807) is 13.2 Å². The highest BCUT2D eigenvalue weighted by molar-refractivity contribution is 5.75. The number of nitrogens with one attached hydrogen (secondary N) is 2. The number of carbonyl (C=O) groups excluding carboxylic acids is 1. The summed E-state index contributed by atoms with van der Waals surface area (Å²) in [5, 5.41) is 11.6. The Balaban J connectivity index is 2.57. The molecule has 0 bridgehead atoms. The van der Waals surface area contributed by atoms with E-state index in [0.29, 0.717) is 12.4 Å². The van der Waals surface area contributed by atoms with Gasteiger partial charge < -0.3 is 20.3 Å². The number of aromatic amines is 1. The fourth-order valence-corrected chi connectivity index (χ4v) is 1.75. The first-order chi connectivity index (χ1) is 9.29. The highest BCUT2D eigenvalue weighted by Crippen LogP contribution is 2.07. The number of carbonyl (C=O) groups is 2. The van der Waals surface area contributed by atoms with Crippen molar-refractivity contribution < 1.29 is 14.7 Å². The summed E-state index contributed by atoms with van der Waals surface area (Å²) in [5.41, 5.74) is 0.930. The van der Waals surface area contributed by atoms with Crippen molar-refractivity contribution in [1.29, 1.82) is 0 Å². The molecule has 0 radical (unpaired) electrons. The molecule has 0 fully saturated rings. The summed E-state index contributed by atoms with van der Waals surface area (Å²) in [6, 6.07) is -0.695. The molecule has 20 heavy (non-hydrogen) atoms. The molecule has 2 amide bonds. The molecule has 3 N–H and O–H groups in total. The first-order valence-corrected chi connectivity index (χ1v) is 6.53. The highest BCUT2D eigenvalue weighted by Gasteiger charge is 2.21. The highest BCUT2D eigenvalue weighted by atomic mass is 16.4. The number of rotatable bonds is 6. The number of aryl methyl sites for hydroxylation is 1. The third kappa shape index (κ3) is 4.91. The van der Waals surface area contributed by atoms with Gasteiger partial charge in [-0.3, -0.25) is 4.79 Å². The molecule has 1 heterocycles. The van der Waals surface area contributed by atoms with E-state index < -0.39 is 5.97 Å². The predicted octanol–water partition coefficient (Wildman–Crippen LogP) is 1.36. The largest absolute Gasteiger partial charge is 0.481 e. The summed E-state index contributed by atoms with van der Waals surface area (Å²) in [7, 11) is 1.64. The van der Waals surface area contributed by atoms with Gasteiger partial charge in [0, 0.05) is 25.0 Å². The van der Waals surface area contributed by atoms with Crippen LogP contribution in [-0.4, -0.2) is 45.1 Å². The Morgan fingerprint density at radius 2 is 2.15 bits per heavy atom. The first kappa shape index (κ1) is 16.0. The van der Waals surface area contributed by atoms with E-state index in [9.17, 15) is 9.59 Å². The molecule has 0 aliphatic carbocycles. The van der Waals surface area contributed by atoms with Gasteiger partial charge in [-0.25, -0.2) is 9.78 Å². The van der Waals surface area contributed by atoms with E-state index in [4.69, 9.17) is 5.11 Å². The fourth-order valence-electron chi connectivity index (χ4n) is 1.75. The van der Waals surface area contributed by atoms with Crippen LogP contribution in [0.5, 0.6) is 0 Å². The second-order valence-corrected chi connectivity index (χ2v) is 5.27. The molecule has 0 aliphatic heterocycles. The molecule has 7 nitrogen and oxygen atoms in total. The molecular formula is C13H22N4O3. The summed E-state index contributed by atoms with van der Waals surface area (Å²) in [5.74, 6) is -0.179. The zero-order valence-electron chi connectivity index (χ0n) is 12.3. The maximum Gasteiger partial charge on any atom is 0.317 e. The fraction of sp³-hybridized carbons (Fsp3) is 0.615. The van der Waals surface area contributed by atoms with Crippen LogP contribution in [0.15, 0.2) is 6.20 Å². The van der Waals surface area contributed by atoms with Gasteiger partial charge in [0.1, 0.15) is 5.82 Å². The van der Waals surface area contributed by atoms with Crippen molar-refractivity contribution in [3.63, 3.8) is 0 Å². The molecule has 0 aromatic carbocycles. The summed E-state index contributed by atoms with van der Waals surface area (Å²) >= 11 is 0. The Morgan fingerprint density at radius 3 is 2.60 bits per heavy atom. The molecule has 0 spiro atoms. The van der Waals surface area contributed by atoms with E-state index in [0.717, 1.165) is 5.69 Å². The average Bonchev–Trinajstić information content (AvgIpc) is 2.72. The smallest absolute Gasteiger partial charge is 0.317 e. The normalized spacial score (nSPS) is 12.2. The quantitative estimate of drug-likeness (QED) is 0.733. The van der Waals surface area contributed by atoms with Crippen LogP contribution in [0.3, 0.4) is 0 Å². The lowest BCUT2D eigenvalue weighted by Gasteiger charge is -2.24. The van der Waals surface area contributed by atoms with Crippen LogP contribution in [0.1, 0.15) is 31.8 Å². The number of aliphatic carboxylic acids is 1. The lowest BCUT2D eigenvalue weighted by atomic mass is 10.0. The van der Waals surface area contributed by atoms with E-state index in [-0.39, 0.29) is 24.4 Å². The zero-order valence-corrected chi connectivity index (χ0v) is 12.3. The van der Waals surface area contributed by atoms with Gasteiger partial charge in [0.2, 0.25) is 0 Å². The van der Waals surface area contributed by atoms with Gasteiger partial charge >= 0.3 is 12.0 Å². The minimum Gasteiger partial charge on any atom is -0.481 e. The number of hydrogen-bond donors (Lipinski definition) is 3. The minimum atomic E-state index is -0.923. The number of hydrogen-bond acceptors (Lipinski definition) is 3. The molecule has 112 valence electrons. The van der Waals surface area contributed by atoms with Crippen LogP contribution >= 0.6 is 0 Å². The van der Waals surface area contributed by atoms with E-state index in [1.165, 1.54) is 4.90 Å². The number of imidazole rings is 1. The number of carboxylic acids is 1. The lowest BCUT2D eigenvalue weighted by molar-refractivity contribution is -0.137. The van der Waals surface area contributed by atoms with Crippen LogP contribution in [0.2, 0.25) is 0 Å². The van der Waals surface area contributed by atoms with Gasteiger partial charge in [0.05, 0.1) is 13.0 Å². The summed E-state index contributed by atoms with van der Waals surface area (Å²) in [6.45, 7) is 5.99. The Kier molecular flexibility index (Phi) is 5.54. The standard InChI is InChI=1S/C13H22N4O3/c1-8(2)10(5-12(18)19)16-13(20)17(4)7-11-14-6-9(3)15-11/h6,8,10H,5,7H2,1-4H3,(H,14,15)(H,16,20)(H,18,19)/t10-/m1/s1. The monoisotopic (exact) mass is 282 g/mol. The number of H-pyrrole nitrogens is 1. The molecule has 0 aliphatic rings. The Labute approximate surface area is 118 Å². The third-order valence-electron chi connectivity index (χ3n) is 3.00. The maximum absolute atomic E-state index is 12.0. The number of carboxylic acid groups (broad SMARTS) is 1. The van der Waals surface area contributed by atoms with Crippen molar-refractivity contribution in [1.82, 2.24) is 20.2 Å². The van der Waals surface area contributed by atoms with Crippen molar-refractivity contribution in [2.24, 2.45) is 5.92 Å². The Bertz CT molecular complexity index is 470. The topological polar surface area (TPSA) is 98.3 Å². The van der Waals surface area contributed by atoms with Crippen LogP contribution in [0.4, 0.5) is 4.79 Å². The van der Waals surface area contributed by atoms with E-state index in [1.807, 2.05) is 20.8 Å². The maximum atomic E-state index is 12.0. The van der Waals surface area contributed by atoms with Gasteiger partial charge in [-0.1, -0.05) is 13.8 Å². The van der Waals surface area contributed by atoms with Gasteiger partial charge in [0.25, 0.3) is 0 Å². The third-order valence-corrected chi connectivity index (χ3v) is 3.00. The predicted molar refractivity (Wildman–Crippen MR) is 74.2 cm³/mol. The number of aromatic nitrogens is 2. The molecule has 0 saturated heterocycles. The molecule has 1 rings (SSSR count). The zero-order chi connectivity index (χ0) is 15.3. The number of nitrogens with zero attached hydrogens (tertiary/aromatic N) is 2. The van der Waals surface area contributed by atoms with Crippen molar-refractivity contribution in [3.05, 3.63) is 17.7 Å². The van der Waals surface area contributed by atoms with Gasteiger partial charge in [-0.05, 0) is 12.8 Å². The lowest BCUT2D eigenvalue weighted by Crippen LogP contribution is -2.46. The molecule has 1 atom stereocenters. The first-order valence-electron chi connectivity index (χ1n) is 6.53. The summed E-state index contributed by atoms with van der Waals surface area (Å²) in [6.07, 6.45) is 1.61. The van der Waals surface area contributed by atoms with Crippen LogP contribution in [0, 0.1) is 12.8 Å². The second-order valence-electron chi connectivity index (χ2n) is 5.27. The Hall–Kier alpha value is -2.05. The molecule has 0 unspecified atom stereocenters. The molecule has 1 aromatic heterocycles. The second kappa shape index (κ2) is 6.93.